The summed E-state index contributed by atoms with van der Waals surface area (Å²) < 4.78 is 0. The Kier molecular flexibility index (Phi) is 4.35. The molecule has 0 atom stereocenters. The topological polar surface area (TPSA) is 58.3 Å². The fourth-order valence-corrected chi connectivity index (χ4v) is 2.82. The van der Waals surface area contributed by atoms with Crippen LogP contribution in [0.4, 0.5) is 11.4 Å². The van der Waals surface area contributed by atoms with Crippen LogP contribution >= 0.6 is 0 Å². The lowest BCUT2D eigenvalue weighted by molar-refractivity contribution is 0.00229. The van der Waals surface area contributed by atoms with Crippen molar-refractivity contribution in [3.63, 3.8) is 0 Å². The maximum atomic E-state index is 10.6. The highest BCUT2D eigenvalue weighted by molar-refractivity contribution is 5.58. The highest BCUT2D eigenvalue weighted by atomic mass is 16.3. The van der Waals surface area contributed by atoms with Gasteiger partial charge in [0.2, 0.25) is 0 Å². The molecule has 106 valence electrons. The van der Waals surface area contributed by atoms with Crippen LogP contribution in [-0.4, -0.2) is 17.3 Å². The lowest BCUT2D eigenvalue weighted by atomic mass is 9.78. The lowest BCUT2D eigenvalue weighted by Crippen LogP contribution is -2.40. The number of nitrogens with two attached hydrogens (primary N) is 1. The zero-order chi connectivity index (χ0) is 13.9. The van der Waals surface area contributed by atoms with Crippen LogP contribution in [-0.2, 0) is 0 Å². The molecule has 1 aromatic rings. The summed E-state index contributed by atoms with van der Waals surface area (Å²) in [4.78, 5) is 0. The van der Waals surface area contributed by atoms with E-state index in [1.807, 2.05) is 25.1 Å². The first-order valence-corrected chi connectivity index (χ1v) is 7.35. The Morgan fingerprint density at radius 2 is 2.05 bits per heavy atom. The summed E-state index contributed by atoms with van der Waals surface area (Å²) >= 11 is 0. The van der Waals surface area contributed by atoms with Crippen LogP contribution in [0.25, 0.3) is 0 Å². The smallest absolute Gasteiger partial charge is 0.0819 e. The van der Waals surface area contributed by atoms with Crippen molar-refractivity contribution >= 4 is 11.4 Å². The normalized spacial score (nSPS) is 27.2. The first kappa shape index (κ1) is 14.2. The molecule has 3 nitrogen and oxygen atoms in total. The molecule has 0 radical (unpaired) electrons. The third-order valence-electron chi connectivity index (χ3n) is 4.51. The molecule has 0 amide bonds. The Balaban J connectivity index is 1.89. The predicted molar refractivity (Wildman–Crippen MR) is 81.3 cm³/mol. The second-order valence-corrected chi connectivity index (χ2v) is 6.00. The van der Waals surface area contributed by atoms with E-state index >= 15 is 0 Å². The van der Waals surface area contributed by atoms with Gasteiger partial charge in [0, 0.05) is 17.9 Å². The maximum Gasteiger partial charge on any atom is 0.0819 e. The van der Waals surface area contributed by atoms with Gasteiger partial charge in [-0.1, -0.05) is 19.4 Å². The molecule has 0 heterocycles. The number of anilines is 2. The zero-order valence-electron chi connectivity index (χ0n) is 12.1. The molecule has 0 unspecified atom stereocenters. The molecular formula is C16H26N2O. The largest absolute Gasteiger partial charge is 0.398 e. The van der Waals surface area contributed by atoms with E-state index in [0.717, 1.165) is 48.5 Å². The molecule has 4 N–H and O–H groups in total. The van der Waals surface area contributed by atoms with Gasteiger partial charge in [-0.15, -0.1) is 0 Å². The van der Waals surface area contributed by atoms with E-state index in [1.54, 1.807) is 0 Å². The van der Waals surface area contributed by atoms with E-state index in [0.29, 0.717) is 6.54 Å². The van der Waals surface area contributed by atoms with Crippen molar-refractivity contribution < 1.29 is 5.11 Å². The van der Waals surface area contributed by atoms with Crippen LogP contribution in [0.15, 0.2) is 18.2 Å². The SMILES string of the molecule is CCC1CCC(O)(CNc2ccc(C)c(N)c2)CC1. The van der Waals surface area contributed by atoms with Crippen LogP contribution in [0.3, 0.4) is 0 Å². The van der Waals surface area contributed by atoms with Crippen molar-refractivity contribution in [2.45, 2.75) is 51.6 Å². The third kappa shape index (κ3) is 3.63. The molecule has 0 saturated heterocycles. The van der Waals surface area contributed by atoms with Crippen LogP contribution < -0.4 is 11.1 Å². The first-order chi connectivity index (χ1) is 9.02. The van der Waals surface area contributed by atoms with Crippen molar-refractivity contribution in [1.29, 1.82) is 0 Å². The quantitative estimate of drug-likeness (QED) is 0.730. The molecule has 0 spiro atoms. The van der Waals surface area contributed by atoms with Gasteiger partial charge in [0.1, 0.15) is 0 Å². The predicted octanol–water partition coefficient (Wildman–Crippen LogP) is 3.32. The van der Waals surface area contributed by atoms with E-state index in [9.17, 15) is 5.11 Å². The van der Waals surface area contributed by atoms with Gasteiger partial charge in [-0.3, -0.25) is 0 Å². The molecule has 2 rings (SSSR count). The summed E-state index contributed by atoms with van der Waals surface area (Å²) in [7, 11) is 0. The lowest BCUT2D eigenvalue weighted by Gasteiger charge is -2.36. The molecule has 0 aromatic heterocycles. The van der Waals surface area contributed by atoms with E-state index in [4.69, 9.17) is 5.73 Å². The molecule has 3 heteroatoms. The van der Waals surface area contributed by atoms with Crippen LogP contribution in [0, 0.1) is 12.8 Å². The number of benzene rings is 1. The minimum absolute atomic E-state index is 0.550. The van der Waals surface area contributed by atoms with E-state index in [1.165, 1.54) is 6.42 Å². The van der Waals surface area contributed by atoms with Crippen molar-refractivity contribution in [2.24, 2.45) is 5.92 Å². The molecule has 1 fully saturated rings. The number of rotatable bonds is 4. The fraction of sp³-hybridized carbons (Fsp3) is 0.625. The Morgan fingerprint density at radius 1 is 1.37 bits per heavy atom. The number of hydrogen-bond donors (Lipinski definition) is 3. The molecule has 1 saturated carbocycles. The Bertz CT molecular complexity index is 423. The van der Waals surface area contributed by atoms with Gasteiger partial charge in [0.05, 0.1) is 5.60 Å². The number of nitrogen functional groups attached to an aromatic ring is 1. The van der Waals surface area contributed by atoms with Crippen LogP contribution in [0.5, 0.6) is 0 Å². The van der Waals surface area contributed by atoms with Crippen LogP contribution in [0.1, 0.15) is 44.6 Å². The Labute approximate surface area is 116 Å². The zero-order valence-corrected chi connectivity index (χ0v) is 12.1. The summed E-state index contributed by atoms with van der Waals surface area (Å²) in [6.45, 7) is 4.85. The minimum Gasteiger partial charge on any atom is -0.398 e. The maximum absolute atomic E-state index is 10.6. The highest BCUT2D eigenvalue weighted by Gasteiger charge is 2.32. The molecular weight excluding hydrogens is 236 g/mol. The Morgan fingerprint density at radius 3 is 2.63 bits per heavy atom. The monoisotopic (exact) mass is 262 g/mol. The standard InChI is InChI=1S/C16H26N2O/c1-3-13-6-8-16(19,9-7-13)11-18-14-5-4-12(2)15(17)10-14/h4-5,10,13,18-19H,3,6-9,11,17H2,1-2H3. The highest BCUT2D eigenvalue weighted by Crippen LogP contribution is 2.33. The summed E-state index contributed by atoms with van der Waals surface area (Å²) in [5.41, 5.74) is 8.23. The van der Waals surface area contributed by atoms with Crippen molar-refractivity contribution in [2.75, 3.05) is 17.6 Å². The first-order valence-electron chi connectivity index (χ1n) is 7.35. The molecule has 1 aliphatic carbocycles. The molecule has 1 aromatic carbocycles. The fourth-order valence-electron chi connectivity index (χ4n) is 2.82. The van der Waals surface area contributed by atoms with Gasteiger partial charge in [-0.2, -0.15) is 0 Å². The molecule has 1 aliphatic rings. The summed E-state index contributed by atoms with van der Waals surface area (Å²) in [6.07, 6.45) is 5.33. The molecule has 0 aliphatic heterocycles. The summed E-state index contributed by atoms with van der Waals surface area (Å²) in [5.74, 6) is 0.801. The minimum atomic E-state index is -0.550. The number of nitrogens with one attached hydrogen (secondary N) is 1. The van der Waals surface area contributed by atoms with Crippen molar-refractivity contribution in [3.05, 3.63) is 23.8 Å². The second-order valence-electron chi connectivity index (χ2n) is 6.00. The van der Waals surface area contributed by atoms with Gasteiger partial charge < -0.3 is 16.2 Å². The van der Waals surface area contributed by atoms with Gasteiger partial charge in [-0.05, 0) is 56.2 Å². The Hall–Kier alpha value is -1.22. The molecule has 0 bridgehead atoms. The van der Waals surface area contributed by atoms with Crippen molar-refractivity contribution in [1.82, 2.24) is 0 Å². The van der Waals surface area contributed by atoms with Crippen LogP contribution in [0.2, 0.25) is 0 Å². The average Bonchev–Trinajstić information content (AvgIpc) is 2.41. The van der Waals surface area contributed by atoms with E-state index in [2.05, 4.69) is 12.2 Å². The van der Waals surface area contributed by atoms with Gasteiger partial charge in [0.15, 0.2) is 0 Å². The number of hydrogen-bond acceptors (Lipinski definition) is 3. The van der Waals surface area contributed by atoms with E-state index < -0.39 is 5.60 Å². The summed E-state index contributed by atoms with van der Waals surface area (Å²) in [6, 6.07) is 5.97. The van der Waals surface area contributed by atoms with Gasteiger partial charge in [-0.25, -0.2) is 0 Å². The third-order valence-corrected chi connectivity index (χ3v) is 4.51. The number of aryl methyl sites for hydroxylation is 1. The summed E-state index contributed by atoms with van der Waals surface area (Å²) in [5, 5.41) is 13.9. The number of aliphatic hydroxyl groups is 1. The van der Waals surface area contributed by atoms with E-state index in [-0.39, 0.29) is 0 Å². The van der Waals surface area contributed by atoms with Gasteiger partial charge in [0.25, 0.3) is 0 Å². The molecule has 19 heavy (non-hydrogen) atoms. The van der Waals surface area contributed by atoms with Gasteiger partial charge >= 0.3 is 0 Å². The average molecular weight is 262 g/mol. The van der Waals surface area contributed by atoms with Crippen molar-refractivity contribution in [3.8, 4) is 0 Å². The second kappa shape index (κ2) is 5.83.